The van der Waals surface area contributed by atoms with Crippen LogP contribution in [0.15, 0.2) is 66.7 Å². The summed E-state index contributed by atoms with van der Waals surface area (Å²) in [4.78, 5) is 28.4. The maximum absolute atomic E-state index is 12.4. The van der Waals surface area contributed by atoms with Crippen LogP contribution in [0.4, 0.5) is 0 Å². The van der Waals surface area contributed by atoms with Gasteiger partial charge in [0.2, 0.25) is 0 Å². The number of benzene rings is 2. The molecule has 0 aliphatic rings. The van der Waals surface area contributed by atoms with E-state index < -0.39 is 5.97 Å². The summed E-state index contributed by atoms with van der Waals surface area (Å²) in [5.41, 5.74) is 3.11. The maximum atomic E-state index is 12.4. The van der Waals surface area contributed by atoms with E-state index in [0.717, 1.165) is 16.9 Å². The zero-order chi connectivity index (χ0) is 21.3. The summed E-state index contributed by atoms with van der Waals surface area (Å²) in [6, 6.07) is 20.8. The highest BCUT2D eigenvalue weighted by atomic mass is 16.5. The molecule has 0 bridgehead atoms. The molecule has 30 heavy (non-hydrogen) atoms. The molecular formula is C24H24N2O4. The van der Waals surface area contributed by atoms with Crippen molar-refractivity contribution in [2.45, 2.75) is 13.8 Å². The average molecular weight is 404 g/mol. The molecule has 0 fully saturated rings. The van der Waals surface area contributed by atoms with Crippen LogP contribution in [0.2, 0.25) is 0 Å². The van der Waals surface area contributed by atoms with E-state index in [4.69, 9.17) is 9.47 Å². The molecule has 3 aromatic rings. The van der Waals surface area contributed by atoms with Crippen LogP contribution in [0, 0.1) is 6.92 Å². The van der Waals surface area contributed by atoms with E-state index >= 15 is 0 Å². The van der Waals surface area contributed by atoms with Gasteiger partial charge in [0, 0.05) is 5.56 Å². The standard InChI is InChI=1S/C24H24N2O4/c1-3-29-24(28)19-13-14-21(26-17(19)2)23(27)25-15-16-30-22-12-8-7-11-20(22)18-9-5-4-6-10-18/h4-14H,3,15-16H2,1-2H3,(H,25,27). The van der Waals surface area contributed by atoms with Gasteiger partial charge in [0.1, 0.15) is 18.1 Å². The molecular weight excluding hydrogens is 380 g/mol. The Hall–Kier alpha value is -3.67. The number of pyridine rings is 1. The summed E-state index contributed by atoms with van der Waals surface area (Å²) in [6.45, 7) is 4.33. The van der Waals surface area contributed by atoms with Crippen molar-refractivity contribution >= 4 is 11.9 Å². The van der Waals surface area contributed by atoms with E-state index in [1.165, 1.54) is 6.07 Å². The lowest BCUT2D eigenvalue weighted by Crippen LogP contribution is -2.29. The van der Waals surface area contributed by atoms with Crippen molar-refractivity contribution in [3.05, 3.63) is 83.7 Å². The number of aryl methyl sites for hydroxylation is 1. The first-order valence-corrected chi connectivity index (χ1v) is 9.80. The lowest BCUT2D eigenvalue weighted by molar-refractivity contribution is 0.0524. The number of nitrogens with one attached hydrogen (secondary N) is 1. The van der Waals surface area contributed by atoms with E-state index in [1.807, 2.05) is 54.6 Å². The van der Waals surface area contributed by atoms with Crippen LogP contribution in [-0.4, -0.2) is 36.6 Å². The summed E-state index contributed by atoms with van der Waals surface area (Å²) in [5, 5.41) is 2.79. The number of amides is 1. The van der Waals surface area contributed by atoms with E-state index in [9.17, 15) is 9.59 Å². The minimum absolute atomic E-state index is 0.241. The number of carbonyl (C=O) groups is 2. The summed E-state index contributed by atoms with van der Waals surface area (Å²) in [6.07, 6.45) is 0. The highest BCUT2D eigenvalue weighted by Gasteiger charge is 2.14. The molecule has 1 aromatic heterocycles. The largest absolute Gasteiger partial charge is 0.491 e. The molecule has 3 rings (SSSR count). The molecule has 0 spiro atoms. The molecule has 0 atom stereocenters. The Morgan fingerprint density at radius 2 is 1.70 bits per heavy atom. The van der Waals surface area contributed by atoms with Gasteiger partial charge in [0.05, 0.1) is 24.4 Å². The van der Waals surface area contributed by atoms with Gasteiger partial charge in [-0.05, 0) is 37.6 Å². The number of para-hydroxylation sites is 1. The third kappa shape index (κ3) is 5.23. The van der Waals surface area contributed by atoms with Gasteiger partial charge in [-0.15, -0.1) is 0 Å². The zero-order valence-corrected chi connectivity index (χ0v) is 17.1. The number of hydrogen-bond donors (Lipinski definition) is 1. The molecule has 0 saturated heterocycles. The molecule has 154 valence electrons. The number of esters is 1. The fourth-order valence-electron chi connectivity index (χ4n) is 2.98. The molecule has 0 aliphatic carbocycles. The monoisotopic (exact) mass is 404 g/mol. The molecule has 6 heteroatoms. The van der Waals surface area contributed by atoms with E-state index in [0.29, 0.717) is 24.4 Å². The SMILES string of the molecule is CCOC(=O)c1ccc(C(=O)NCCOc2ccccc2-c2ccccc2)nc1C. The van der Waals surface area contributed by atoms with Crippen molar-refractivity contribution in [2.24, 2.45) is 0 Å². The quantitative estimate of drug-likeness (QED) is 0.453. The van der Waals surface area contributed by atoms with E-state index in [-0.39, 0.29) is 18.2 Å². The van der Waals surface area contributed by atoms with Crippen LogP contribution in [0.25, 0.3) is 11.1 Å². The number of aromatic nitrogens is 1. The summed E-state index contributed by atoms with van der Waals surface area (Å²) in [5.74, 6) is -0.0147. The normalized spacial score (nSPS) is 10.3. The highest BCUT2D eigenvalue weighted by Crippen LogP contribution is 2.29. The first kappa shape index (κ1) is 21.0. The van der Waals surface area contributed by atoms with Crippen LogP contribution in [0.5, 0.6) is 5.75 Å². The minimum Gasteiger partial charge on any atom is -0.491 e. The van der Waals surface area contributed by atoms with Crippen LogP contribution in [-0.2, 0) is 4.74 Å². The first-order chi connectivity index (χ1) is 14.6. The number of hydrogen-bond acceptors (Lipinski definition) is 5. The molecule has 0 aliphatic heterocycles. The van der Waals surface area contributed by atoms with Crippen molar-refractivity contribution in [3.8, 4) is 16.9 Å². The van der Waals surface area contributed by atoms with Crippen LogP contribution < -0.4 is 10.1 Å². The smallest absolute Gasteiger partial charge is 0.339 e. The van der Waals surface area contributed by atoms with Gasteiger partial charge in [-0.1, -0.05) is 48.5 Å². The molecule has 1 amide bonds. The van der Waals surface area contributed by atoms with Crippen molar-refractivity contribution < 1.29 is 19.1 Å². The number of nitrogens with zero attached hydrogens (tertiary/aromatic N) is 1. The summed E-state index contributed by atoms with van der Waals surface area (Å²) in [7, 11) is 0. The second-order valence-electron chi connectivity index (χ2n) is 6.52. The second kappa shape index (κ2) is 10.2. The number of carbonyl (C=O) groups excluding carboxylic acids is 2. The molecule has 1 heterocycles. The lowest BCUT2D eigenvalue weighted by Gasteiger charge is -2.12. The molecule has 0 unspecified atom stereocenters. The van der Waals surface area contributed by atoms with Gasteiger partial charge in [-0.3, -0.25) is 4.79 Å². The minimum atomic E-state index is -0.445. The Kier molecular flexibility index (Phi) is 7.16. The van der Waals surface area contributed by atoms with Gasteiger partial charge >= 0.3 is 5.97 Å². The van der Waals surface area contributed by atoms with Crippen molar-refractivity contribution in [1.29, 1.82) is 0 Å². The van der Waals surface area contributed by atoms with E-state index in [1.54, 1.807) is 19.9 Å². The van der Waals surface area contributed by atoms with Crippen LogP contribution >= 0.6 is 0 Å². The third-order valence-corrected chi connectivity index (χ3v) is 4.43. The van der Waals surface area contributed by atoms with Gasteiger partial charge < -0.3 is 14.8 Å². The van der Waals surface area contributed by atoms with E-state index in [2.05, 4.69) is 10.3 Å². The summed E-state index contributed by atoms with van der Waals surface area (Å²) >= 11 is 0. The predicted octanol–water partition coefficient (Wildman–Crippen LogP) is 4.04. The Balaban J connectivity index is 1.56. The van der Waals surface area contributed by atoms with Crippen molar-refractivity contribution in [2.75, 3.05) is 19.8 Å². The predicted molar refractivity (Wildman–Crippen MR) is 115 cm³/mol. The Bertz CT molecular complexity index is 1020. The summed E-state index contributed by atoms with van der Waals surface area (Å²) < 4.78 is 10.9. The van der Waals surface area contributed by atoms with Crippen LogP contribution in [0.3, 0.4) is 0 Å². The number of ether oxygens (including phenoxy) is 2. The second-order valence-corrected chi connectivity index (χ2v) is 6.52. The van der Waals surface area contributed by atoms with Gasteiger partial charge in [-0.2, -0.15) is 0 Å². The molecule has 1 N–H and O–H groups in total. The highest BCUT2D eigenvalue weighted by molar-refractivity contribution is 5.95. The van der Waals surface area contributed by atoms with Crippen LogP contribution in [0.1, 0.15) is 33.5 Å². The molecule has 2 aromatic carbocycles. The van der Waals surface area contributed by atoms with Gasteiger partial charge in [-0.25, -0.2) is 9.78 Å². The average Bonchev–Trinajstić information content (AvgIpc) is 2.77. The number of rotatable bonds is 8. The third-order valence-electron chi connectivity index (χ3n) is 4.43. The molecule has 6 nitrogen and oxygen atoms in total. The fraction of sp³-hybridized carbons (Fsp3) is 0.208. The maximum Gasteiger partial charge on any atom is 0.339 e. The lowest BCUT2D eigenvalue weighted by atomic mass is 10.1. The first-order valence-electron chi connectivity index (χ1n) is 9.80. The van der Waals surface area contributed by atoms with Gasteiger partial charge in [0.25, 0.3) is 5.91 Å². The molecule has 0 saturated carbocycles. The Labute approximate surface area is 175 Å². The zero-order valence-electron chi connectivity index (χ0n) is 17.1. The molecule has 0 radical (unpaired) electrons. The fourth-order valence-corrected chi connectivity index (χ4v) is 2.98. The topological polar surface area (TPSA) is 77.5 Å². The Morgan fingerprint density at radius 1 is 0.967 bits per heavy atom. The Morgan fingerprint density at radius 3 is 2.43 bits per heavy atom. The van der Waals surface area contributed by atoms with Gasteiger partial charge in [0.15, 0.2) is 0 Å². The van der Waals surface area contributed by atoms with Crippen molar-refractivity contribution in [3.63, 3.8) is 0 Å². The van der Waals surface area contributed by atoms with Crippen molar-refractivity contribution in [1.82, 2.24) is 10.3 Å².